The fraction of sp³-hybridized carbons (Fsp3) is 0.500. The zero-order valence-corrected chi connectivity index (χ0v) is 9.16. The van der Waals surface area contributed by atoms with Gasteiger partial charge in [0.2, 0.25) is 0 Å². The van der Waals surface area contributed by atoms with Crippen LogP contribution in [0.3, 0.4) is 0 Å². The van der Waals surface area contributed by atoms with Crippen molar-refractivity contribution in [2.24, 2.45) is 5.73 Å². The molecule has 2 atom stereocenters. The number of aliphatic hydroxyl groups excluding tert-OH is 1. The molecule has 2 unspecified atom stereocenters. The summed E-state index contributed by atoms with van der Waals surface area (Å²) < 4.78 is 5.66. The maximum absolute atomic E-state index is 10.1. The molecular weight excluding hydrogens is 190 g/mol. The summed E-state index contributed by atoms with van der Waals surface area (Å²) in [5.41, 5.74) is 8.84. The van der Waals surface area contributed by atoms with Crippen molar-refractivity contribution in [3.63, 3.8) is 0 Å². The molecule has 0 saturated carbocycles. The highest BCUT2D eigenvalue weighted by Gasteiger charge is 2.26. The number of hydrogen-bond acceptors (Lipinski definition) is 3. The molecule has 0 spiro atoms. The summed E-state index contributed by atoms with van der Waals surface area (Å²) in [7, 11) is 0. The summed E-state index contributed by atoms with van der Waals surface area (Å²) in [6.45, 7) is 4.54. The van der Waals surface area contributed by atoms with Crippen LogP contribution in [-0.4, -0.2) is 17.8 Å². The van der Waals surface area contributed by atoms with Crippen molar-refractivity contribution < 1.29 is 9.84 Å². The lowest BCUT2D eigenvalue weighted by atomic mass is 9.95. The number of nitrogens with two attached hydrogens (primary N) is 1. The molecule has 0 radical (unpaired) electrons. The third-order valence-electron chi connectivity index (χ3n) is 3.01. The number of aliphatic hydroxyl groups is 1. The molecule has 1 aromatic carbocycles. The van der Waals surface area contributed by atoms with E-state index in [2.05, 4.69) is 0 Å². The molecule has 3 N–H and O–H groups in total. The van der Waals surface area contributed by atoms with Crippen LogP contribution >= 0.6 is 0 Å². The largest absolute Gasteiger partial charge is 0.493 e. The van der Waals surface area contributed by atoms with E-state index in [1.165, 1.54) is 0 Å². The van der Waals surface area contributed by atoms with Crippen molar-refractivity contribution in [1.82, 2.24) is 0 Å². The minimum atomic E-state index is -0.609. The van der Waals surface area contributed by atoms with Crippen LogP contribution in [0.25, 0.3) is 0 Å². The normalized spacial score (nSPS) is 25.3. The highest BCUT2D eigenvalue weighted by atomic mass is 16.5. The Hall–Kier alpha value is -1.06. The molecule has 0 bridgehead atoms. The quantitative estimate of drug-likeness (QED) is 0.677. The van der Waals surface area contributed by atoms with Crippen LogP contribution in [0.2, 0.25) is 0 Å². The molecule has 2 rings (SSSR count). The summed E-state index contributed by atoms with van der Waals surface area (Å²) in [5, 5.41) is 10.1. The fourth-order valence-corrected chi connectivity index (χ4v) is 2.04. The molecule has 0 saturated heterocycles. The van der Waals surface area contributed by atoms with Gasteiger partial charge in [-0.05, 0) is 31.4 Å². The van der Waals surface area contributed by atoms with Crippen molar-refractivity contribution in [2.75, 3.05) is 6.61 Å². The van der Waals surface area contributed by atoms with Crippen LogP contribution in [-0.2, 0) is 0 Å². The van der Waals surface area contributed by atoms with Crippen LogP contribution in [0.1, 0.15) is 29.2 Å². The second kappa shape index (κ2) is 3.83. The summed E-state index contributed by atoms with van der Waals surface area (Å²) in [6, 6.07) is 3.78. The Balaban J connectivity index is 2.57. The van der Waals surface area contributed by atoms with Crippen LogP contribution in [0, 0.1) is 13.8 Å². The van der Waals surface area contributed by atoms with Crippen LogP contribution in [0.15, 0.2) is 12.1 Å². The molecular formula is C12H17NO2. The van der Waals surface area contributed by atoms with Gasteiger partial charge in [0, 0.05) is 11.6 Å². The third kappa shape index (κ3) is 1.73. The van der Waals surface area contributed by atoms with Gasteiger partial charge in [0.05, 0.1) is 12.7 Å². The third-order valence-corrected chi connectivity index (χ3v) is 3.01. The molecule has 1 aliphatic rings. The minimum absolute atomic E-state index is 0.230. The van der Waals surface area contributed by atoms with Gasteiger partial charge < -0.3 is 15.6 Å². The van der Waals surface area contributed by atoms with Crippen molar-refractivity contribution in [1.29, 1.82) is 0 Å². The Morgan fingerprint density at radius 3 is 2.73 bits per heavy atom. The fourth-order valence-electron chi connectivity index (χ4n) is 2.04. The zero-order valence-electron chi connectivity index (χ0n) is 9.16. The van der Waals surface area contributed by atoms with Crippen LogP contribution < -0.4 is 10.5 Å². The smallest absolute Gasteiger partial charge is 0.128 e. The lowest BCUT2D eigenvalue weighted by molar-refractivity contribution is 0.144. The van der Waals surface area contributed by atoms with Gasteiger partial charge >= 0.3 is 0 Å². The zero-order chi connectivity index (χ0) is 11.0. The number of aryl methyl sites for hydroxylation is 2. The maximum atomic E-state index is 10.1. The molecule has 3 nitrogen and oxygen atoms in total. The monoisotopic (exact) mass is 207 g/mol. The lowest BCUT2D eigenvalue weighted by Crippen LogP contribution is -2.28. The van der Waals surface area contributed by atoms with Crippen LogP contribution in [0.5, 0.6) is 5.75 Å². The Labute approximate surface area is 89.9 Å². The van der Waals surface area contributed by atoms with E-state index in [-0.39, 0.29) is 6.04 Å². The predicted molar refractivity (Wildman–Crippen MR) is 59.0 cm³/mol. The van der Waals surface area contributed by atoms with Gasteiger partial charge in [-0.3, -0.25) is 0 Å². The molecule has 1 aromatic rings. The van der Waals surface area contributed by atoms with Gasteiger partial charge in [-0.1, -0.05) is 12.1 Å². The van der Waals surface area contributed by atoms with Gasteiger partial charge in [-0.2, -0.15) is 0 Å². The maximum Gasteiger partial charge on any atom is 0.128 e. The van der Waals surface area contributed by atoms with Gasteiger partial charge in [0.25, 0.3) is 0 Å². The molecule has 0 aliphatic carbocycles. The lowest BCUT2D eigenvalue weighted by Gasteiger charge is -2.19. The summed E-state index contributed by atoms with van der Waals surface area (Å²) >= 11 is 0. The minimum Gasteiger partial charge on any atom is -0.493 e. The van der Waals surface area contributed by atoms with Crippen molar-refractivity contribution >= 4 is 0 Å². The van der Waals surface area contributed by atoms with E-state index < -0.39 is 6.10 Å². The van der Waals surface area contributed by atoms with Crippen molar-refractivity contribution in [2.45, 2.75) is 32.4 Å². The molecule has 82 valence electrons. The standard InChI is InChI=1S/C12H17NO2/c1-7-3-4-8(2)12-10(7)11(14)9(13)5-6-15-12/h3-4,9,11,14H,5-6,13H2,1-2H3. The Bertz CT molecular complexity index is 376. The van der Waals surface area contributed by atoms with Gasteiger partial charge in [-0.25, -0.2) is 0 Å². The second-order valence-electron chi connectivity index (χ2n) is 4.19. The number of benzene rings is 1. The summed E-state index contributed by atoms with van der Waals surface area (Å²) in [6.07, 6.45) is 0.0803. The summed E-state index contributed by atoms with van der Waals surface area (Å²) in [4.78, 5) is 0. The Kier molecular flexibility index (Phi) is 2.67. The molecule has 0 fully saturated rings. The topological polar surface area (TPSA) is 55.5 Å². The molecule has 0 aromatic heterocycles. The highest BCUT2D eigenvalue weighted by Crippen LogP contribution is 2.35. The van der Waals surface area contributed by atoms with E-state index in [1.54, 1.807) is 0 Å². The van der Waals surface area contributed by atoms with E-state index in [0.717, 1.165) is 22.4 Å². The van der Waals surface area contributed by atoms with Crippen molar-refractivity contribution in [3.8, 4) is 5.75 Å². The average molecular weight is 207 g/mol. The number of hydrogen-bond donors (Lipinski definition) is 2. The Morgan fingerprint density at radius 2 is 2.00 bits per heavy atom. The average Bonchev–Trinajstić information content (AvgIpc) is 2.35. The number of rotatable bonds is 0. The first-order valence-electron chi connectivity index (χ1n) is 5.28. The second-order valence-corrected chi connectivity index (χ2v) is 4.19. The van der Waals surface area contributed by atoms with E-state index in [9.17, 15) is 5.11 Å². The number of fused-ring (bicyclic) bond motifs is 1. The van der Waals surface area contributed by atoms with E-state index in [4.69, 9.17) is 10.5 Å². The van der Waals surface area contributed by atoms with E-state index >= 15 is 0 Å². The SMILES string of the molecule is Cc1ccc(C)c2c1OCCC(N)C2O. The first-order valence-corrected chi connectivity index (χ1v) is 5.28. The molecule has 1 aliphatic heterocycles. The molecule has 0 amide bonds. The molecule has 1 heterocycles. The van der Waals surface area contributed by atoms with Gasteiger partial charge in [0.15, 0.2) is 0 Å². The molecule has 15 heavy (non-hydrogen) atoms. The Morgan fingerprint density at radius 1 is 1.33 bits per heavy atom. The first kappa shape index (κ1) is 10.5. The number of ether oxygens (including phenoxy) is 1. The highest BCUT2D eigenvalue weighted by molar-refractivity contribution is 5.47. The predicted octanol–water partition coefficient (Wildman–Crippen LogP) is 1.45. The van der Waals surface area contributed by atoms with Gasteiger partial charge in [-0.15, -0.1) is 0 Å². The first-order chi connectivity index (χ1) is 7.11. The van der Waals surface area contributed by atoms with Crippen LogP contribution in [0.4, 0.5) is 0 Å². The van der Waals surface area contributed by atoms with E-state index in [1.807, 2.05) is 26.0 Å². The molecule has 3 heteroatoms. The van der Waals surface area contributed by atoms with Gasteiger partial charge in [0.1, 0.15) is 5.75 Å². The van der Waals surface area contributed by atoms with E-state index in [0.29, 0.717) is 13.0 Å². The van der Waals surface area contributed by atoms with Crippen molar-refractivity contribution in [3.05, 3.63) is 28.8 Å². The summed E-state index contributed by atoms with van der Waals surface area (Å²) in [5.74, 6) is 0.815.